The smallest absolute Gasteiger partial charge is 0.341 e. The van der Waals surface area contributed by atoms with Crippen molar-refractivity contribution >= 4 is 50.1 Å². The number of nitrogens with zero attached hydrogens (tertiary/aromatic N) is 2. The fourth-order valence-electron chi connectivity index (χ4n) is 2.53. The van der Waals surface area contributed by atoms with E-state index in [4.69, 9.17) is 10.5 Å². The van der Waals surface area contributed by atoms with E-state index < -0.39 is 17.9 Å². The Labute approximate surface area is 162 Å². The maximum atomic E-state index is 12.7. The summed E-state index contributed by atoms with van der Waals surface area (Å²) in [5, 5.41) is 7.26. The van der Waals surface area contributed by atoms with E-state index in [1.165, 1.54) is 7.11 Å². The van der Waals surface area contributed by atoms with Gasteiger partial charge in [-0.2, -0.15) is 5.10 Å². The summed E-state index contributed by atoms with van der Waals surface area (Å²) in [4.78, 5) is 36.5. The first-order valence-electron chi connectivity index (χ1n) is 7.63. The summed E-state index contributed by atoms with van der Waals surface area (Å²) < 4.78 is 7.17. The second-order valence-electron chi connectivity index (χ2n) is 5.71. The van der Waals surface area contributed by atoms with Gasteiger partial charge in [-0.25, -0.2) is 4.79 Å². The summed E-state index contributed by atoms with van der Waals surface area (Å²) in [6.45, 7) is 6.94. The quantitative estimate of drug-likeness (QED) is 0.690. The van der Waals surface area contributed by atoms with Crippen molar-refractivity contribution in [1.29, 1.82) is 0 Å². The number of carbonyl (C=O) groups is 3. The molecule has 140 valence electrons. The van der Waals surface area contributed by atoms with Gasteiger partial charge < -0.3 is 15.8 Å². The van der Waals surface area contributed by atoms with Gasteiger partial charge in [-0.1, -0.05) is 0 Å². The minimum Gasteiger partial charge on any atom is -0.465 e. The normalized spacial score (nSPS) is 11.9. The van der Waals surface area contributed by atoms with Gasteiger partial charge in [0, 0.05) is 0 Å². The third-order valence-corrected chi connectivity index (χ3v) is 6.35. The molecule has 0 aromatic carbocycles. The van der Waals surface area contributed by atoms with E-state index >= 15 is 0 Å². The highest BCUT2D eigenvalue weighted by atomic mass is 79.9. The molecule has 2 aromatic heterocycles. The topological polar surface area (TPSA) is 116 Å². The lowest BCUT2D eigenvalue weighted by Gasteiger charge is -2.14. The summed E-state index contributed by atoms with van der Waals surface area (Å²) >= 11 is 4.37. The summed E-state index contributed by atoms with van der Waals surface area (Å²) in [5.41, 5.74) is 7.42. The van der Waals surface area contributed by atoms with Crippen molar-refractivity contribution in [3.8, 4) is 0 Å². The van der Waals surface area contributed by atoms with Crippen LogP contribution in [0.15, 0.2) is 4.47 Å². The van der Waals surface area contributed by atoms with Gasteiger partial charge >= 0.3 is 5.97 Å². The average Bonchev–Trinajstić information content (AvgIpc) is 3.05. The molecule has 2 aromatic rings. The maximum Gasteiger partial charge on any atom is 0.341 e. The summed E-state index contributed by atoms with van der Waals surface area (Å²) in [6, 6.07) is -0.634. The highest BCUT2D eigenvalue weighted by molar-refractivity contribution is 9.10. The van der Waals surface area contributed by atoms with Crippen LogP contribution in [0.25, 0.3) is 0 Å². The molecule has 8 nitrogen and oxygen atoms in total. The summed E-state index contributed by atoms with van der Waals surface area (Å²) in [7, 11) is 1.23. The minimum absolute atomic E-state index is 0.126. The summed E-state index contributed by atoms with van der Waals surface area (Å²) in [5.74, 6) is -1.71. The number of halogens is 1. The SMILES string of the molecule is COC(=O)c1c(NC(=O)C(C)n2nc(C)c(Br)c2C)sc(C(N)=O)c1C. The standard InChI is InChI=1S/C16H19BrN4O4S/c1-6-10(16(24)25-5)15(26-12(6)13(18)22)19-14(23)9(4)21-8(3)11(17)7(2)20-21/h9H,1-5H3,(H2,18,22)(H,19,23). The Morgan fingerprint density at radius 1 is 1.31 bits per heavy atom. The number of thiophene rings is 1. The van der Waals surface area contributed by atoms with Gasteiger partial charge in [0.2, 0.25) is 5.91 Å². The van der Waals surface area contributed by atoms with Gasteiger partial charge in [0.15, 0.2) is 0 Å². The van der Waals surface area contributed by atoms with Crippen LogP contribution in [0, 0.1) is 20.8 Å². The number of esters is 1. The lowest BCUT2D eigenvalue weighted by atomic mass is 10.1. The number of carbonyl (C=O) groups excluding carboxylic acids is 3. The number of anilines is 1. The van der Waals surface area contributed by atoms with Crippen LogP contribution in [0.1, 0.15) is 49.9 Å². The number of aromatic nitrogens is 2. The Kier molecular flexibility index (Phi) is 5.87. The van der Waals surface area contributed by atoms with E-state index in [1.807, 2.05) is 13.8 Å². The van der Waals surface area contributed by atoms with E-state index in [1.54, 1.807) is 18.5 Å². The molecule has 0 aliphatic carbocycles. The predicted octanol–water partition coefficient (Wildman–Crippen LogP) is 2.72. The van der Waals surface area contributed by atoms with Crippen LogP contribution >= 0.6 is 27.3 Å². The maximum absolute atomic E-state index is 12.7. The van der Waals surface area contributed by atoms with Gasteiger partial charge in [-0.3, -0.25) is 14.3 Å². The van der Waals surface area contributed by atoms with Gasteiger partial charge in [-0.15, -0.1) is 11.3 Å². The molecular weight excluding hydrogens is 424 g/mol. The zero-order valence-electron chi connectivity index (χ0n) is 15.0. The number of hydrogen-bond donors (Lipinski definition) is 2. The molecule has 0 spiro atoms. The molecule has 0 radical (unpaired) electrons. The molecule has 2 heterocycles. The van der Waals surface area contributed by atoms with Crippen molar-refractivity contribution in [2.24, 2.45) is 5.73 Å². The van der Waals surface area contributed by atoms with Crippen LogP contribution in [0.4, 0.5) is 5.00 Å². The fraction of sp³-hybridized carbons (Fsp3) is 0.375. The van der Waals surface area contributed by atoms with Gasteiger partial charge in [0.1, 0.15) is 11.0 Å². The molecule has 10 heteroatoms. The number of amides is 2. The molecule has 0 saturated carbocycles. The van der Waals surface area contributed by atoms with Crippen LogP contribution in [0.5, 0.6) is 0 Å². The van der Waals surface area contributed by atoms with Crippen molar-refractivity contribution < 1.29 is 19.1 Å². The molecule has 2 rings (SSSR count). The third-order valence-electron chi connectivity index (χ3n) is 3.98. The van der Waals surface area contributed by atoms with E-state index in [2.05, 4.69) is 26.3 Å². The molecular formula is C16H19BrN4O4S. The van der Waals surface area contributed by atoms with Gasteiger partial charge in [0.25, 0.3) is 5.91 Å². The number of aryl methyl sites for hydroxylation is 1. The zero-order chi connectivity index (χ0) is 19.8. The number of primary amides is 1. The monoisotopic (exact) mass is 442 g/mol. The van der Waals surface area contributed by atoms with Gasteiger partial charge in [0.05, 0.1) is 33.4 Å². The van der Waals surface area contributed by atoms with Gasteiger partial charge in [-0.05, 0) is 49.2 Å². The molecule has 3 N–H and O–H groups in total. The Morgan fingerprint density at radius 2 is 1.92 bits per heavy atom. The first-order valence-corrected chi connectivity index (χ1v) is 9.24. The number of nitrogens with one attached hydrogen (secondary N) is 1. The molecule has 26 heavy (non-hydrogen) atoms. The molecule has 0 aliphatic heterocycles. The Hall–Kier alpha value is -2.20. The first kappa shape index (κ1) is 20.1. The lowest BCUT2D eigenvalue weighted by molar-refractivity contribution is -0.119. The lowest BCUT2D eigenvalue weighted by Crippen LogP contribution is -2.25. The largest absolute Gasteiger partial charge is 0.465 e. The minimum atomic E-state index is -0.673. The van der Waals surface area contributed by atoms with Crippen LogP contribution in [0.3, 0.4) is 0 Å². The molecule has 0 fully saturated rings. The number of nitrogens with two attached hydrogens (primary N) is 1. The third kappa shape index (κ3) is 3.51. The molecule has 1 atom stereocenters. The van der Waals surface area contributed by atoms with E-state index in [0.29, 0.717) is 5.56 Å². The van der Waals surface area contributed by atoms with E-state index in [9.17, 15) is 14.4 Å². The van der Waals surface area contributed by atoms with Crippen LogP contribution < -0.4 is 11.1 Å². The number of methoxy groups -OCH3 is 1. The van der Waals surface area contributed by atoms with E-state index in [0.717, 1.165) is 27.2 Å². The molecule has 0 aliphatic rings. The van der Waals surface area contributed by atoms with Crippen LogP contribution in [-0.4, -0.2) is 34.7 Å². The van der Waals surface area contributed by atoms with Crippen molar-refractivity contribution in [2.45, 2.75) is 33.7 Å². The number of rotatable bonds is 5. The molecule has 1 unspecified atom stereocenters. The second kappa shape index (κ2) is 7.58. The van der Waals surface area contributed by atoms with E-state index in [-0.39, 0.29) is 21.3 Å². The zero-order valence-corrected chi connectivity index (χ0v) is 17.4. The fourth-order valence-corrected chi connectivity index (χ4v) is 3.84. The second-order valence-corrected chi connectivity index (χ2v) is 7.52. The first-order chi connectivity index (χ1) is 12.1. The predicted molar refractivity (Wildman–Crippen MR) is 102 cm³/mol. The van der Waals surface area contributed by atoms with Crippen molar-refractivity contribution in [2.75, 3.05) is 12.4 Å². The average molecular weight is 443 g/mol. The van der Waals surface area contributed by atoms with Crippen LogP contribution in [-0.2, 0) is 9.53 Å². The van der Waals surface area contributed by atoms with Crippen LogP contribution in [0.2, 0.25) is 0 Å². The summed E-state index contributed by atoms with van der Waals surface area (Å²) in [6.07, 6.45) is 0. The number of hydrogen-bond acceptors (Lipinski definition) is 6. The Bertz CT molecular complexity index is 903. The molecule has 0 saturated heterocycles. The van der Waals surface area contributed by atoms with Crippen molar-refractivity contribution in [1.82, 2.24) is 9.78 Å². The Morgan fingerprint density at radius 3 is 2.38 bits per heavy atom. The molecule has 0 bridgehead atoms. The molecule has 2 amide bonds. The Balaban J connectivity index is 2.39. The van der Waals surface area contributed by atoms with Crippen molar-refractivity contribution in [3.05, 3.63) is 31.9 Å². The highest BCUT2D eigenvalue weighted by Crippen LogP contribution is 2.34. The highest BCUT2D eigenvalue weighted by Gasteiger charge is 2.27. The number of ether oxygens (including phenoxy) is 1. The van der Waals surface area contributed by atoms with Crippen molar-refractivity contribution in [3.63, 3.8) is 0 Å².